The van der Waals surface area contributed by atoms with Gasteiger partial charge >= 0.3 is 0 Å². The number of hydrogen-bond donors (Lipinski definition) is 1. The standard InChI is InChI=1S/C18H30O/c1-7-9-18(5,6)16-12-14(8-2)11-15(17(16)19)10-13(3)4/h11-13,19H,7-10H2,1-6H3. The number of phenols is 1. The Morgan fingerprint density at radius 1 is 1.16 bits per heavy atom. The number of aromatic hydroxyl groups is 1. The van der Waals surface area contributed by atoms with E-state index >= 15 is 0 Å². The van der Waals surface area contributed by atoms with Crippen LogP contribution in [0.3, 0.4) is 0 Å². The van der Waals surface area contributed by atoms with Crippen LogP contribution in [0.2, 0.25) is 0 Å². The lowest BCUT2D eigenvalue weighted by Gasteiger charge is -2.28. The molecule has 0 aliphatic rings. The summed E-state index contributed by atoms with van der Waals surface area (Å²) in [7, 11) is 0. The summed E-state index contributed by atoms with van der Waals surface area (Å²) in [5.74, 6) is 1.10. The monoisotopic (exact) mass is 262 g/mol. The first-order chi connectivity index (χ1) is 8.81. The molecular weight excluding hydrogens is 232 g/mol. The van der Waals surface area contributed by atoms with Crippen molar-refractivity contribution in [1.29, 1.82) is 0 Å². The molecule has 0 bridgehead atoms. The van der Waals surface area contributed by atoms with E-state index in [1.54, 1.807) is 0 Å². The first-order valence-electron chi connectivity index (χ1n) is 7.67. The summed E-state index contributed by atoms with van der Waals surface area (Å²) in [5, 5.41) is 10.6. The van der Waals surface area contributed by atoms with Crippen LogP contribution in [0.4, 0.5) is 0 Å². The van der Waals surface area contributed by atoms with E-state index in [1.807, 2.05) is 0 Å². The van der Waals surface area contributed by atoms with Crippen molar-refractivity contribution < 1.29 is 5.11 Å². The summed E-state index contributed by atoms with van der Waals surface area (Å²) in [6, 6.07) is 4.38. The molecule has 0 heterocycles. The van der Waals surface area contributed by atoms with Crippen molar-refractivity contribution >= 4 is 0 Å². The minimum atomic E-state index is 0.0513. The summed E-state index contributed by atoms with van der Waals surface area (Å²) < 4.78 is 0. The molecular formula is C18H30O. The zero-order valence-electron chi connectivity index (χ0n) is 13.5. The van der Waals surface area contributed by atoms with Gasteiger partial charge in [-0.1, -0.05) is 60.1 Å². The second-order valence-electron chi connectivity index (χ2n) is 6.74. The highest BCUT2D eigenvalue weighted by Crippen LogP contribution is 2.38. The van der Waals surface area contributed by atoms with Crippen LogP contribution in [0.1, 0.15) is 71.1 Å². The Bertz CT molecular complexity index is 416. The molecule has 0 aliphatic heterocycles. The Morgan fingerprint density at radius 3 is 2.26 bits per heavy atom. The van der Waals surface area contributed by atoms with Crippen LogP contribution in [-0.4, -0.2) is 5.11 Å². The summed E-state index contributed by atoms with van der Waals surface area (Å²) in [6.07, 6.45) is 4.23. The molecule has 108 valence electrons. The van der Waals surface area contributed by atoms with E-state index < -0.39 is 0 Å². The van der Waals surface area contributed by atoms with E-state index in [9.17, 15) is 5.11 Å². The van der Waals surface area contributed by atoms with Gasteiger partial charge in [-0.2, -0.15) is 0 Å². The van der Waals surface area contributed by atoms with E-state index in [-0.39, 0.29) is 5.41 Å². The average molecular weight is 262 g/mol. The summed E-state index contributed by atoms with van der Waals surface area (Å²) >= 11 is 0. The van der Waals surface area contributed by atoms with Gasteiger partial charge in [-0.3, -0.25) is 0 Å². The topological polar surface area (TPSA) is 20.2 Å². The molecule has 19 heavy (non-hydrogen) atoms. The maximum absolute atomic E-state index is 10.6. The van der Waals surface area contributed by atoms with Crippen LogP contribution in [0.15, 0.2) is 12.1 Å². The van der Waals surface area contributed by atoms with Crippen LogP contribution >= 0.6 is 0 Å². The molecule has 0 amide bonds. The molecule has 0 aliphatic carbocycles. The van der Waals surface area contributed by atoms with Gasteiger partial charge in [-0.15, -0.1) is 0 Å². The Morgan fingerprint density at radius 2 is 1.79 bits per heavy atom. The molecule has 1 rings (SSSR count). The molecule has 1 aromatic rings. The molecule has 1 nitrogen and oxygen atoms in total. The van der Waals surface area contributed by atoms with Crippen molar-refractivity contribution in [2.45, 2.75) is 72.6 Å². The number of benzene rings is 1. The lowest BCUT2D eigenvalue weighted by atomic mass is 9.78. The first-order valence-corrected chi connectivity index (χ1v) is 7.67. The van der Waals surface area contributed by atoms with Crippen molar-refractivity contribution in [2.24, 2.45) is 5.92 Å². The summed E-state index contributed by atoms with van der Waals surface area (Å²) in [6.45, 7) is 13.3. The molecule has 0 atom stereocenters. The van der Waals surface area contributed by atoms with E-state index in [0.717, 1.165) is 36.8 Å². The van der Waals surface area contributed by atoms with Crippen LogP contribution in [0, 0.1) is 5.92 Å². The smallest absolute Gasteiger partial charge is 0.122 e. The third-order valence-corrected chi connectivity index (χ3v) is 3.89. The Kier molecular flexibility index (Phi) is 5.46. The van der Waals surface area contributed by atoms with Gasteiger partial charge in [-0.05, 0) is 41.7 Å². The Labute approximate surface area is 119 Å². The van der Waals surface area contributed by atoms with Gasteiger partial charge in [0.05, 0.1) is 0 Å². The zero-order valence-corrected chi connectivity index (χ0v) is 13.5. The van der Waals surface area contributed by atoms with Crippen LogP contribution < -0.4 is 0 Å². The summed E-state index contributed by atoms with van der Waals surface area (Å²) in [4.78, 5) is 0. The number of hydrogen-bond acceptors (Lipinski definition) is 1. The molecule has 0 saturated carbocycles. The van der Waals surface area contributed by atoms with Gasteiger partial charge in [0, 0.05) is 5.56 Å². The lowest BCUT2D eigenvalue weighted by molar-refractivity contribution is 0.410. The number of rotatable bonds is 6. The second kappa shape index (κ2) is 6.45. The van der Waals surface area contributed by atoms with E-state index in [1.165, 1.54) is 5.56 Å². The van der Waals surface area contributed by atoms with Crippen molar-refractivity contribution in [3.8, 4) is 5.75 Å². The molecule has 1 aromatic carbocycles. The third kappa shape index (κ3) is 3.99. The van der Waals surface area contributed by atoms with Gasteiger partial charge in [0.2, 0.25) is 0 Å². The normalized spacial score (nSPS) is 12.2. The zero-order chi connectivity index (χ0) is 14.6. The predicted octanol–water partition coefficient (Wildman–Crippen LogP) is 5.23. The molecule has 0 spiro atoms. The molecule has 1 heteroatoms. The average Bonchev–Trinajstić information content (AvgIpc) is 2.30. The van der Waals surface area contributed by atoms with Gasteiger partial charge < -0.3 is 5.11 Å². The lowest BCUT2D eigenvalue weighted by Crippen LogP contribution is -2.18. The Balaban J connectivity index is 3.30. The fraction of sp³-hybridized carbons (Fsp3) is 0.667. The fourth-order valence-electron chi connectivity index (χ4n) is 2.84. The van der Waals surface area contributed by atoms with Crippen molar-refractivity contribution in [3.05, 3.63) is 28.8 Å². The molecule has 0 unspecified atom stereocenters. The molecule has 0 saturated heterocycles. The van der Waals surface area contributed by atoms with Crippen LogP contribution in [-0.2, 0) is 18.3 Å². The maximum Gasteiger partial charge on any atom is 0.122 e. The SMILES string of the molecule is CCCC(C)(C)c1cc(CC)cc(CC(C)C)c1O. The third-order valence-electron chi connectivity index (χ3n) is 3.89. The van der Waals surface area contributed by atoms with Crippen molar-refractivity contribution in [1.82, 2.24) is 0 Å². The largest absolute Gasteiger partial charge is 0.507 e. The highest BCUT2D eigenvalue weighted by molar-refractivity contribution is 5.47. The highest BCUT2D eigenvalue weighted by atomic mass is 16.3. The van der Waals surface area contributed by atoms with E-state index in [2.05, 4.69) is 53.7 Å². The summed E-state index contributed by atoms with van der Waals surface area (Å²) in [5.41, 5.74) is 3.64. The number of aryl methyl sites for hydroxylation is 1. The minimum absolute atomic E-state index is 0.0513. The van der Waals surface area contributed by atoms with E-state index in [0.29, 0.717) is 11.7 Å². The minimum Gasteiger partial charge on any atom is -0.507 e. The fourth-order valence-corrected chi connectivity index (χ4v) is 2.84. The highest BCUT2D eigenvalue weighted by Gasteiger charge is 2.25. The first kappa shape index (κ1) is 16.1. The molecule has 0 aromatic heterocycles. The van der Waals surface area contributed by atoms with Crippen LogP contribution in [0.5, 0.6) is 5.75 Å². The predicted molar refractivity (Wildman–Crippen MR) is 84.0 cm³/mol. The quantitative estimate of drug-likeness (QED) is 0.744. The number of phenolic OH excluding ortho intramolecular Hbond substituents is 1. The Hall–Kier alpha value is -0.980. The molecule has 1 N–H and O–H groups in total. The maximum atomic E-state index is 10.6. The van der Waals surface area contributed by atoms with Crippen molar-refractivity contribution in [2.75, 3.05) is 0 Å². The van der Waals surface area contributed by atoms with Gasteiger partial charge in [0.15, 0.2) is 0 Å². The molecule has 0 fully saturated rings. The second-order valence-corrected chi connectivity index (χ2v) is 6.74. The van der Waals surface area contributed by atoms with Gasteiger partial charge in [-0.25, -0.2) is 0 Å². The van der Waals surface area contributed by atoms with Crippen LogP contribution in [0.25, 0.3) is 0 Å². The molecule has 0 radical (unpaired) electrons. The van der Waals surface area contributed by atoms with Gasteiger partial charge in [0.25, 0.3) is 0 Å². The van der Waals surface area contributed by atoms with Crippen molar-refractivity contribution in [3.63, 3.8) is 0 Å². The van der Waals surface area contributed by atoms with E-state index in [4.69, 9.17) is 0 Å². The van der Waals surface area contributed by atoms with Gasteiger partial charge in [0.1, 0.15) is 5.75 Å².